The van der Waals surface area contributed by atoms with Crippen molar-refractivity contribution in [3.05, 3.63) is 101 Å². The van der Waals surface area contributed by atoms with Crippen molar-refractivity contribution < 1.29 is 37.1 Å². The van der Waals surface area contributed by atoms with Crippen molar-refractivity contribution in [1.82, 2.24) is 40.6 Å². The second-order valence-electron chi connectivity index (χ2n) is 16.1. The third-order valence-corrected chi connectivity index (χ3v) is 11.3. The van der Waals surface area contributed by atoms with Crippen molar-refractivity contribution >= 4 is 35.3 Å². The smallest absolute Gasteiger partial charge is 0.315 e. The summed E-state index contributed by atoms with van der Waals surface area (Å²) in [5, 5.41) is 18.1. The molecule has 0 atom stereocenters. The molecule has 324 valence electrons. The summed E-state index contributed by atoms with van der Waals surface area (Å²) in [6.45, 7) is 3.04. The molecular weight excluding hydrogens is 803 g/mol. The number of ether oxygens (including phenoxy) is 1. The van der Waals surface area contributed by atoms with Crippen molar-refractivity contribution in [1.29, 1.82) is 0 Å². The lowest BCUT2D eigenvalue weighted by molar-refractivity contribution is -0.119. The summed E-state index contributed by atoms with van der Waals surface area (Å²) in [6.07, 6.45) is 7.17. The summed E-state index contributed by atoms with van der Waals surface area (Å²) in [5.74, 6) is 1.31. The number of imide groups is 1. The summed E-state index contributed by atoms with van der Waals surface area (Å²) >= 11 is 0. The van der Waals surface area contributed by atoms with Gasteiger partial charge in [0, 0.05) is 50.7 Å². The number of hydrogen-bond donors (Lipinski definition) is 5. The van der Waals surface area contributed by atoms with Crippen molar-refractivity contribution in [2.75, 3.05) is 43.9 Å². The zero-order valence-corrected chi connectivity index (χ0v) is 34.2. The van der Waals surface area contributed by atoms with Crippen molar-refractivity contribution in [3.8, 4) is 23.0 Å². The molecule has 0 bridgehead atoms. The molecule has 2 aliphatic carbocycles. The number of carbonyl (C=O) groups is 4. The Morgan fingerprint density at radius 1 is 1.02 bits per heavy atom. The van der Waals surface area contributed by atoms with Gasteiger partial charge in [-0.05, 0) is 98.9 Å². The molecule has 2 saturated carbocycles. The van der Waals surface area contributed by atoms with Gasteiger partial charge in [0.15, 0.2) is 11.4 Å². The van der Waals surface area contributed by atoms with Crippen LogP contribution in [-0.2, 0) is 17.8 Å². The second-order valence-corrected chi connectivity index (χ2v) is 16.1. The molecule has 18 heteroatoms. The molecular formula is C44H48F2N10O6. The second kappa shape index (κ2) is 18.9. The molecule has 62 heavy (non-hydrogen) atoms. The summed E-state index contributed by atoms with van der Waals surface area (Å²) in [7, 11) is 2.00. The van der Waals surface area contributed by atoms with E-state index in [-0.39, 0.29) is 41.7 Å². The fraction of sp³-hybridized carbons (Fsp3) is 0.386. The first kappa shape index (κ1) is 42.0. The SMILES string of the molecule is CN(CCNC(=O)NCc1ccc(Oc2cccc3c2C(=O)NC(=O)C3)cc1)CC1CCC(n2cc(NC(=O)c3coc(-c4ccnc(NCC5CC5)c4)n3)c(C(F)F)n2)CC1. The van der Waals surface area contributed by atoms with Crippen LogP contribution in [0.15, 0.2) is 77.7 Å². The van der Waals surface area contributed by atoms with Crippen molar-refractivity contribution in [2.24, 2.45) is 11.8 Å². The molecule has 8 rings (SSSR count). The lowest BCUT2D eigenvalue weighted by Crippen LogP contribution is -2.40. The van der Waals surface area contributed by atoms with E-state index in [1.807, 2.05) is 19.2 Å². The molecule has 2 fully saturated rings. The minimum Gasteiger partial charge on any atom is -0.457 e. The molecule has 1 aliphatic heterocycles. The van der Waals surface area contributed by atoms with E-state index in [1.54, 1.807) is 53.3 Å². The van der Waals surface area contributed by atoms with Gasteiger partial charge in [-0.1, -0.05) is 24.3 Å². The third-order valence-electron chi connectivity index (χ3n) is 11.3. The molecule has 16 nitrogen and oxygen atoms in total. The van der Waals surface area contributed by atoms with Crippen LogP contribution >= 0.6 is 0 Å². The van der Waals surface area contributed by atoms with Crippen LogP contribution in [0.4, 0.5) is 25.1 Å². The number of pyridine rings is 1. The van der Waals surface area contributed by atoms with Gasteiger partial charge in [0.25, 0.3) is 18.2 Å². The Morgan fingerprint density at radius 3 is 2.58 bits per heavy atom. The highest BCUT2D eigenvalue weighted by atomic mass is 19.3. The molecule has 0 radical (unpaired) electrons. The number of alkyl halides is 2. The maximum Gasteiger partial charge on any atom is 0.315 e. The Bertz CT molecular complexity index is 2410. The third kappa shape index (κ3) is 10.6. The number of amides is 5. The minimum atomic E-state index is -2.89. The number of benzene rings is 2. The summed E-state index contributed by atoms with van der Waals surface area (Å²) in [4.78, 5) is 60.6. The molecule has 0 saturated heterocycles. The van der Waals surface area contributed by atoms with Crippen molar-refractivity contribution in [3.63, 3.8) is 0 Å². The van der Waals surface area contributed by atoms with Gasteiger partial charge in [-0.3, -0.25) is 24.4 Å². The number of nitrogens with one attached hydrogen (secondary N) is 5. The predicted octanol–water partition coefficient (Wildman–Crippen LogP) is 6.71. The molecule has 3 aliphatic rings. The fourth-order valence-electron chi connectivity index (χ4n) is 7.78. The highest BCUT2D eigenvalue weighted by Crippen LogP contribution is 2.36. The van der Waals surface area contributed by atoms with Crippen LogP contribution in [-0.4, -0.2) is 81.6 Å². The van der Waals surface area contributed by atoms with Crippen LogP contribution < -0.4 is 31.3 Å². The van der Waals surface area contributed by atoms with Crippen LogP contribution in [0.3, 0.4) is 0 Å². The van der Waals surface area contributed by atoms with E-state index in [0.29, 0.717) is 65.5 Å². The number of oxazole rings is 1. The van der Waals surface area contributed by atoms with E-state index in [2.05, 4.69) is 46.6 Å². The maximum absolute atomic E-state index is 14.1. The summed E-state index contributed by atoms with van der Waals surface area (Å²) in [6, 6.07) is 15.4. The van der Waals surface area contributed by atoms with E-state index in [9.17, 15) is 28.0 Å². The van der Waals surface area contributed by atoms with E-state index < -0.39 is 23.9 Å². The Labute approximate surface area is 356 Å². The monoisotopic (exact) mass is 850 g/mol. The normalized spacial score (nSPS) is 17.4. The maximum atomic E-state index is 14.1. The Morgan fingerprint density at radius 2 is 1.81 bits per heavy atom. The molecule has 5 amide bonds. The molecule has 3 aromatic heterocycles. The predicted molar refractivity (Wildman–Crippen MR) is 224 cm³/mol. The number of rotatable bonds is 17. The van der Waals surface area contributed by atoms with Crippen LogP contribution in [0.2, 0.25) is 0 Å². The first-order chi connectivity index (χ1) is 30.0. The van der Waals surface area contributed by atoms with Gasteiger partial charge in [0.2, 0.25) is 11.8 Å². The van der Waals surface area contributed by atoms with E-state index in [4.69, 9.17) is 9.15 Å². The van der Waals surface area contributed by atoms with Gasteiger partial charge < -0.3 is 35.3 Å². The highest BCUT2D eigenvalue weighted by Gasteiger charge is 2.29. The largest absolute Gasteiger partial charge is 0.457 e. The topological polar surface area (TPSA) is 198 Å². The number of aromatic nitrogens is 4. The molecule has 0 unspecified atom stereocenters. The highest BCUT2D eigenvalue weighted by molar-refractivity contribution is 6.11. The molecule has 2 aromatic carbocycles. The minimum absolute atomic E-state index is 0.0467. The van der Waals surface area contributed by atoms with Gasteiger partial charge in [0.1, 0.15) is 23.6 Å². The van der Waals surface area contributed by atoms with Crippen LogP contribution in [0.5, 0.6) is 11.5 Å². The average molecular weight is 851 g/mol. The lowest BCUT2D eigenvalue weighted by Gasteiger charge is -2.31. The van der Waals surface area contributed by atoms with Gasteiger partial charge >= 0.3 is 6.03 Å². The van der Waals surface area contributed by atoms with E-state index in [0.717, 1.165) is 44.3 Å². The van der Waals surface area contributed by atoms with Gasteiger partial charge in [-0.2, -0.15) is 5.10 Å². The molecule has 5 aromatic rings. The van der Waals surface area contributed by atoms with Crippen LogP contribution in [0, 0.1) is 11.8 Å². The number of hydrogen-bond acceptors (Lipinski definition) is 11. The fourth-order valence-corrected chi connectivity index (χ4v) is 7.78. The summed E-state index contributed by atoms with van der Waals surface area (Å²) < 4.78 is 41.3. The zero-order valence-electron chi connectivity index (χ0n) is 34.2. The number of urea groups is 1. The average Bonchev–Trinajstić information content (AvgIpc) is 3.78. The number of likely N-dealkylation sites (N-methyl/N-ethyl adjacent to an activating group) is 1. The first-order valence-electron chi connectivity index (χ1n) is 20.8. The zero-order chi connectivity index (χ0) is 43.2. The summed E-state index contributed by atoms with van der Waals surface area (Å²) in [5.41, 5.74) is 1.84. The molecule has 5 N–H and O–H groups in total. The van der Waals surface area contributed by atoms with Gasteiger partial charge in [0.05, 0.1) is 23.7 Å². The van der Waals surface area contributed by atoms with E-state index in [1.165, 1.54) is 25.3 Å². The standard InChI is InChI=1S/C44H48F2N10O6/c1-55(18-17-48-44(60)50-22-27-9-13-32(14-10-27)62-35-4-2-3-29-20-37(57)53-42(59)38(29)35)23-28-7-11-31(12-8-28)56-24-33(39(54-56)40(45)46)51-41(58)34-25-61-43(52-34)30-15-16-47-36(19-30)49-21-26-5-6-26/h2-4,9-10,13-16,19,24-26,28,31,40H,5-8,11-12,17-18,20-23H2,1H3,(H,47,49)(H,51,58)(H2,48,50,60)(H,53,57,59). The molecule has 0 spiro atoms. The Hall–Kier alpha value is -6.69. The number of fused-ring (bicyclic) bond motifs is 1. The van der Waals surface area contributed by atoms with Gasteiger partial charge in [-0.25, -0.2) is 23.5 Å². The number of nitrogens with zero attached hydrogens (tertiary/aromatic N) is 5. The molecule has 4 heterocycles. The van der Waals surface area contributed by atoms with E-state index >= 15 is 0 Å². The lowest BCUT2D eigenvalue weighted by atomic mass is 9.86. The number of carbonyl (C=O) groups excluding carboxylic acids is 4. The van der Waals surface area contributed by atoms with Crippen molar-refractivity contribution in [2.45, 2.75) is 64.0 Å². The van der Waals surface area contributed by atoms with Crippen LogP contribution in [0.25, 0.3) is 11.5 Å². The number of halogens is 2. The quantitative estimate of drug-likeness (QED) is 0.0624. The Kier molecular flexibility index (Phi) is 12.8. The van der Waals surface area contributed by atoms with Gasteiger partial charge in [-0.15, -0.1) is 0 Å². The van der Waals surface area contributed by atoms with Crippen LogP contribution in [0.1, 0.15) is 88.7 Å². The number of anilines is 2. The Balaban J connectivity index is 0.744. The first-order valence-corrected chi connectivity index (χ1v) is 20.8.